The summed E-state index contributed by atoms with van der Waals surface area (Å²) in [5.74, 6) is 0. The molecule has 9 heteroatoms. The molecule has 0 radical (unpaired) electrons. The van der Waals surface area contributed by atoms with Crippen LogP contribution in [0.3, 0.4) is 0 Å². The number of nitrogens with zero attached hydrogens (tertiary/aromatic N) is 4. The van der Waals surface area contributed by atoms with Crippen molar-refractivity contribution in [1.82, 2.24) is 23.9 Å². The van der Waals surface area contributed by atoms with Crippen molar-refractivity contribution in [2.45, 2.75) is 11.6 Å². The van der Waals surface area contributed by atoms with E-state index in [1.165, 1.54) is 4.40 Å². The lowest BCUT2D eigenvalue weighted by atomic mass is 10.5. The van der Waals surface area contributed by atoms with Crippen LogP contribution in [-0.4, -0.2) is 34.1 Å². The van der Waals surface area contributed by atoms with Gasteiger partial charge in [0, 0.05) is 25.1 Å². The minimum Gasteiger partial charge on any atom is -0.288 e. The van der Waals surface area contributed by atoms with E-state index >= 15 is 0 Å². The predicted octanol–water partition coefficient (Wildman–Crippen LogP) is 1.16. The van der Waals surface area contributed by atoms with Crippen LogP contribution in [0.1, 0.15) is 0 Å². The Hall–Kier alpha value is -1.90. The van der Waals surface area contributed by atoms with Crippen molar-refractivity contribution in [3.05, 3.63) is 48.0 Å². The quantitative estimate of drug-likeness (QED) is 0.763. The van der Waals surface area contributed by atoms with Crippen LogP contribution in [0.2, 0.25) is 5.15 Å². The van der Waals surface area contributed by atoms with Crippen molar-refractivity contribution in [2.75, 3.05) is 6.54 Å². The van der Waals surface area contributed by atoms with E-state index in [0.717, 1.165) is 0 Å². The van der Waals surface area contributed by atoms with Gasteiger partial charge in [-0.2, -0.15) is 5.10 Å². The van der Waals surface area contributed by atoms with Gasteiger partial charge in [-0.3, -0.25) is 9.08 Å². The second kappa shape index (κ2) is 5.47. The summed E-state index contributed by atoms with van der Waals surface area (Å²) in [6, 6.07) is 6.94. The lowest BCUT2D eigenvalue weighted by Crippen LogP contribution is -2.28. The molecule has 7 nitrogen and oxygen atoms in total. The molecule has 3 rings (SSSR count). The van der Waals surface area contributed by atoms with Gasteiger partial charge < -0.3 is 0 Å². The van der Waals surface area contributed by atoms with Crippen LogP contribution < -0.4 is 4.72 Å². The van der Waals surface area contributed by atoms with Gasteiger partial charge in [0.15, 0.2) is 10.2 Å². The average molecular weight is 326 g/mol. The fourth-order valence-electron chi connectivity index (χ4n) is 1.98. The largest absolute Gasteiger partial charge is 0.288 e. The third-order valence-corrected chi connectivity index (χ3v) is 4.75. The van der Waals surface area contributed by atoms with Crippen LogP contribution in [0.15, 0.2) is 47.9 Å². The van der Waals surface area contributed by atoms with Crippen LogP contribution in [0.5, 0.6) is 0 Å². The molecule has 0 aliphatic carbocycles. The molecule has 0 saturated carbocycles. The fraction of sp³-hybridized carbons (Fsp3) is 0.167. The molecule has 0 saturated heterocycles. The first-order valence-electron chi connectivity index (χ1n) is 6.17. The van der Waals surface area contributed by atoms with Gasteiger partial charge >= 0.3 is 0 Å². The van der Waals surface area contributed by atoms with Crippen molar-refractivity contribution >= 4 is 27.3 Å². The Morgan fingerprint density at radius 1 is 1.24 bits per heavy atom. The molecule has 21 heavy (non-hydrogen) atoms. The number of imidazole rings is 1. The molecule has 1 N–H and O–H groups in total. The molecule has 0 aliphatic rings. The van der Waals surface area contributed by atoms with Gasteiger partial charge in [0.2, 0.25) is 0 Å². The number of fused-ring (bicyclic) bond motifs is 1. The lowest BCUT2D eigenvalue weighted by Gasteiger charge is -2.07. The van der Waals surface area contributed by atoms with Gasteiger partial charge in [0.1, 0.15) is 5.65 Å². The summed E-state index contributed by atoms with van der Waals surface area (Å²) in [5.41, 5.74) is 0.481. The van der Waals surface area contributed by atoms with Gasteiger partial charge in [-0.1, -0.05) is 17.7 Å². The molecule has 0 bridgehead atoms. The van der Waals surface area contributed by atoms with E-state index in [2.05, 4.69) is 14.8 Å². The van der Waals surface area contributed by atoms with Crippen LogP contribution >= 0.6 is 11.6 Å². The maximum Gasteiger partial charge on any atom is 0.259 e. The van der Waals surface area contributed by atoms with E-state index in [9.17, 15) is 8.42 Å². The lowest BCUT2D eigenvalue weighted by molar-refractivity contribution is 0.557. The van der Waals surface area contributed by atoms with E-state index < -0.39 is 10.0 Å². The summed E-state index contributed by atoms with van der Waals surface area (Å²) in [6.45, 7) is 0.640. The van der Waals surface area contributed by atoms with E-state index in [1.54, 1.807) is 47.5 Å². The standard InChI is InChI=1S/C12H12ClN5O2S/c13-11-12(18-8-2-1-4-10(18)16-11)21(19,20)15-6-9-17-7-3-5-14-17/h1-5,7-8,15H,6,9H2. The molecule has 110 valence electrons. The van der Waals surface area contributed by atoms with Gasteiger partial charge in [0.05, 0.1) is 6.54 Å². The molecule has 0 atom stereocenters. The zero-order valence-electron chi connectivity index (χ0n) is 10.8. The van der Waals surface area contributed by atoms with E-state index in [-0.39, 0.29) is 16.7 Å². The minimum atomic E-state index is -3.75. The van der Waals surface area contributed by atoms with Gasteiger partial charge in [-0.05, 0) is 18.2 Å². The normalized spacial score (nSPS) is 12.0. The van der Waals surface area contributed by atoms with Crippen LogP contribution in [0.4, 0.5) is 0 Å². The highest BCUT2D eigenvalue weighted by Gasteiger charge is 2.23. The number of aromatic nitrogens is 4. The van der Waals surface area contributed by atoms with Gasteiger partial charge in [0.25, 0.3) is 10.0 Å². The summed E-state index contributed by atoms with van der Waals surface area (Å²) in [5, 5.41) is 3.90. The Morgan fingerprint density at radius 3 is 2.86 bits per heavy atom. The Bertz CT molecular complexity index is 857. The van der Waals surface area contributed by atoms with E-state index in [0.29, 0.717) is 12.2 Å². The van der Waals surface area contributed by atoms with Crippen molar-refractivity contribution in [3.8, 4) is 0 Å². The van der Waals surface area contributed by atoms with Crippen LogP contribution in [0.25, 0.3) is 5.65 Å². The molecule has 0 fully saturated rings. The van der Waals surface area contributed by atoms with Gasteiger partial charge in [-0.25, -0.2) is 18.1 Å². The molecular weight excluding hydrogens is 314 g/mol. The number of sulfonamides is 1. The van der Waals surface area contributed by atoms with Crippen LogP contribution in [-0.2, 0) is 16.6 Å². The van der Waals surface area contributed by atoms with E-state index in [4.69, 9.17) is 11.6 Å². The minimum absolute atomic E-state index is 0.0483. The Morgan fingerprint density at radius 2 is 2.10 bits per heavy atom. The average Bonchev–Trinajstić information content (AvgIpc) is 3.04. The first kappa shape index (κ1) is 14.1. The zero-order valence-corrected chi connectivity index (χ0v) is 12.4. The number of rotatable bonds is 5. The SMILES string of the molecule is O=S(=O)(NCCn1cccn1)c1c(Cl)nc2ccccn12. The molecule has 0 amide bonds. The molecule has 3 aromatic heterocycles. The molecule has 0 aromatic carbocycles. The molecule has 3 aromatic rings. The number of nitrogens with one attached hydrogen (secondary N) is 1. The zero-order chi connectivity index (χ0) is 14.9. The molecule has 0 aliphatic heterocycles. The maximum atomic E-state index is 12.4. The van der Waals surface area contributed by atoms with E-state index in [1.807, 2.05) is 0 Å². The van der Waals surface area contributed by atoms with Crippen LogP contribution in [0, 0.1) is 0 Å². The number of pyridine rings is 1. The summed E-state index contributed by atoms with van der Waals surface area (Å²) in [4.78, 5) is 4.03. The topological polar surface area (TPSA) is 81.3 Å². The summed E-state index contributed by atoms with van der Waals surface area (Å²) >= 11 is 5.96. The predicted molar refractivity (Wildman–Crippen MR) is 77.6 cm³/mol. The second-order valence-electron chi connectivity index (χ2n) is 4.30. The number of hydrogen-bond donors (Lipinski definition) is 1. The Kier molecular flexibility index (Phi) is 3.66. The summed E-state index contributed by atoms with van der Waals surface area (Å²) in [7, 11) is -3.75. The third-order valence-electron chi connectivity index (χ3n) is 2.89. The molecule has 3 heterocycles. The molecular formula is C12H12ClN5O2S. The number of hydrogen-bond acceptors (Lipinski definition) is 4. The highest BCUT2D eigenvalue weighted by Crippen LogP contribution is 2.22. The van der Waals surface area contributed by atoms with Crippen molar-refractivity contribution < 1.29 is 8.42 Å². The summed E-state index contributed by atoms with van der Waals surface area (Å²) < 4.78 is 30.3. The summed E-state index contributed by atoms with van der Waals surface area (Å²) in [6.07, 6.45) is 5.00. The fourth-order valence-corrected chi connectivity index (χ4v) is 3.64. The maximum absolute atomic E-state index is 12.4. The third kappa shape index (κ3) is 2.78. The smallest absolute Gasteiger partial charge is 0.259 e. The highest BCUT2D eigenvalue weighted by molar-refractivity contribution is 7.89. The van der Waals surface area contributed by atoms with Crippen molar-refractivity contribution in [3.63, 3.8) is 0 Å². The van der Waals surface area contributed by atoms with Crippen molar-refractivity contribution in [2.24, 2.45) is 0 Å². The first-order chi connectivity index (χ1) is 10.1. The Labute approximate surface area is 126 Å². The molecule has 0 unspecified atom stereocenters. The van der Waals surface area contributed by atoms with Crippen molar-refractivity contribution in [1.29, 1.82) is 0 Å². The second-order valence-corrected chi connectivity index (χ2v) is 6.34. The first-order valence-corrected chi connectivity index (χ1v) is 8.04. The highest BCUT2D eigenvalue weighted by atomic mass is 35.5. The number of halogens is 1. The van der Waals surface area contributed by atoms with Gasteiger partial charge in [-0.15, -0.1) is 0 Å². The molecule has 0 spiro atoms. The Balaban J connectivity index is 1.84. The monoisotopic (exact) mass is 325 g/mol.